The van der Waals surface area contributed by atoms with Gasteiger partial charge in [-0.1, -0.05) is 330 Å². The molecule has 0 saturated heterocycles. The van der Waals surface area contributed by atoms with Crippen molar-refractivity contribution in [3.63, 3.8) is 0 Å². The number of benzene rings is 11. The van der Waals surface area contributed by atoms with E-state index in [1.165, 1.54) is 117 Å². The van der Waals surface area contributed by atoms with Gasteiger partial charge in [-0.2, -0.15) is 5.26 Å². The second-order valence-corrected chi connectivity index (χ2v) is 34.1. The van der Waals surface area contributed by atoms with Crippen LogP contribution in [-0.2, 0) is 0 Å². The van der Waals surface area contributed by atoms with Gasteiger partial charge in [-0.3, -0.25) is 29.9 Å². The number of fused-ring (bicyclic) bond motifs is 2. The lowest BCUT2D eigenvalue weighted by Crippen LogP contribution is -2.37. The minimum atomic E-state index is -1.06. The van der Waals surface area contributed by atoms with Gasteiger partial charge in [0.2, 0.25) is 0 Å². The molecule has 0 unspecified atom stereocenters. The summed E-state index contributed by atoms with van der Waals surface area (Å²) in [4.78, 5) is 24.1. The molecule has 11 aromatic carbocycles. The maximum atomic E-state index is 12.1. The van der Waals surface area contributed by atoms with Crippen molar-refractivity contribution >= 4 is 34.8 Å². The lowest BCUT2D eigenvalue weighted by molar-refractivity contribution is 0.627. The van der Waals surface area contributed by atoms with Crippen molar-refractivity contribution in [1.29, 1.82) is 5.26 Å². The Labute approximate surface area is 698 Å². The number of aromatic nitrogens is 6. The minimum Gasteiger partial charge on any atom is -0.265 e. The van der Waals surface area contributed by atoms with Crippen LogP contribution in [0.25, 0.3) is 55.1 Å². The average molecular weight is 1560 g/mol. The lowest BCUT2D eigenvalue weighted by Gasteiger charge is -2.16. The lowest BCUT2D eigenvalue weighted by atomic mass is 10.1. The zero-order valence-corrected chi connectivity index (χ0v) is 71.7. The molecule has 0 radical (unpaired) electrons. The number of pyridine rings is 6. The molecule has 0 saturated carbocycles. The van der Waals surface area contributed by atoms with E-state index in [1.54, 1.807) is 48.3 Å². The van der Waals surface area contributed by atoms with Gasteiger partial charge >= 0.3 is 0 Å². The van der Waals surface area contributed by atoms with Gasteiger partial charge in [-0.15, -0.1) is 0 Å². The summed E-state index contributed by atoms with van der Waals surface area (Å²) in [6.07, 6.45) is 18.1. The fraction of sp³-hybridized carbons (Fsp3) is 0.139. The maximum Gasteiger partial charge on any atom is 0.123 e. The van der Waals surface area contributed by atoms with E-state index in [0.29, 0.717) is 0 Å². The van der Waals surface area contributed by atoms with Gasteiger partial charge in [-0.25, -0.2) is 4.39 Å². The molecule has 0 N–H and O–H groups in total. The normalized spacial score (nSPS) is 9.70. The van der Waals surface area contributed by atoms with Crippen molar-refractivity contribution in [2.75, 3.05) is 0 Å². The summed E-state index contributed by atoms with van der Waals surface area (Å²) in [6, 6.07) is 118. The van der Waals surface area contributed by atoms with E-state index >= 15 is 0 Å². The highest BCUT2D eigenvalue weighted by molar-refractivity contribution is 6.88. The van der Waals surface area contributed by atoms with E-state index in [1.807, 2.05) is 187 Å². The molecule has 17 aromatic rings. The first-order valence-electron chi connectivity index (χ1n) is 39.2. The molecule has 0 amide bonds. The number of nitriles is 1. The molecule has 0 aliphatic carbocycles. The molecule has 0 bridgehead atoms. The van der Waals surface area contributed by atoms with Crippen LogP contribution in [0.5, 0.6) is 0 Å². The van der Waals surface area contributed by atoms with Gasteiger partial charge in [-0.05, 0) is 229 Å². The average Bonchev–Trinajstić information content (AvgIpc) is 0.871. The number of hydrogen-bond acceptors (Lipinski definition) is 7. The molecule has 17 rings (SSSR count). The highest BCUT2D eigenvalue weighted by Gasteiger charge is 2.15. The minimum absolute atomic E-state index is 0.171. The fourth-order valence-corrected chi connectivity index (χ4v) is 11.8. The van der Waals surface area contributed by atoms with Crippen LogP contribution in [0.3, 0.4) is 0 Å². The van der Waals surface area contributed by atoms with Gasteiger partial charge < -0.3 is 0 Å². The van der Waals surface area contributed by atoms with E-state index in [-0.39, 0.29) is 5.82 Å². The summed E-state index contributed by atoms with van der Waals surface area (Å²) in [5.74, 6) is -0.171. The Morgan fingerprint density at radius 1 is 0.265 bits per heavy atom. The zero-order chi connectivity index (χ0) is 84.3. The van der Waals surface area contributed by atoms with E-state index in [0.717, 1.165) is 22.5 Å². The maximum absolute atomic E-state index is 12.1. The summed E-state index contributed by atoms with van der Waals surface area (Å²) in [5.41, 5.74) is 22.8. The van der Waals surface area contributed by atoms with Gasteiger partial charge in [0.05, 0.1) is 25.4 Å². The highest BCUT2D eigenvalue weighted by Crippen LogP contribution is 2.22. The Hall–Kier alpha value is -13.5. The van der Waals surface area contributed by atoms with E-state index in [2.05, 4.69) is 304 Å². The van der Waals surface area contributed by atoms with Crippen molar-refractivity contribution in [3.05, 3.63) is 486 Å². The van der Waals surface area contributed by atoms with Gasteiger partial charge in [0.15, 0.2) is 0 Å². The van der Waals surface area contributed by atoms with Crippen LogP contribution in [-0.4, -0.2) is 38.0 Å². The summed E-state index contributed by atoms with van der Waals surface area (Å²) in [5, 5.41) is 15.2. The van der Waals surface area contributed by atoms with Crippen molar-refractivity contribution < 1.29 is 4.39 Å². The van der Waals surface area contributed by atoms with Crippen molar-refractivity contribution in [3.8, 4) is 39.6 Å². The van der Waals surface area contributed by atoms with E-state index in [9.17, 15) is 4.39 Å². The Morgan fingerprint density at radius 2 is 0.675 bits per heavy atom. The number of nitrogens with zero attached hydrogens (tertiary/aromatic N) is 7. The topological polar surface area (TPSA) is 101 Å². The fourth-order valence-electron chi connectivity index (χ4n) is 10.6. The molecule has 0 aliphatic heterocycles. The zero-order valence-electron chi connectivity index (χ0n) is 70.7. The summed E-state index contributed by atoms with van der Waals surface area (Å²) < 4.78 is 12.1. The van der Waals surface area contributed by atoms with Gasteiger partial charge in [0.25, 0.3) is 0 Å². The third-order valence-electron chi connectivity index (χ3n) is 17.6. The van der Waals surface area contributed by atoms with Crippen molar-refractivity contribution in [1.82, 2.24) is 29.9 Å². The second-order valence-electron chi connectivity index (χ2n) is 29.0. The molecule has 7 nitrogen and oxygen atoms in total. The van der Waals surface area contributed by atoms with E-state index < -0.39 is 8.07 Å². The molecule has 0 atom stereocenters. The monoisotopic (exact) mass is 1550 g/mol. The van der Waals surface area contributed by atoms with Crippen molar-refractivity contribution in [2.24, 2.45) is 0 Å². The number of hydrogen-bond donors (Lipinski definition) is 0. The number of halogens is 1. The molecule has 590 valence electrons. The molecule has 0 spiro atoms. The second kappa shape index (κ2) is 52.7. The third-order valence-corrected chi connectivity index (χ3v) is 19.6. The molecular formula is C108H112FN7Si. The standard InChI is InChI=1S/3C12H11N.2C11H10.C10H16Si.C8H7N.C7H7F.C7H8.3C6H7N/c1-10-2-4-11(5-3-10)12-6-8-13-9-7-12;1-10-4-6-11(7-5-10)12-3-2-8-13-9-12;1-10-5-7-11(8-6-10)12-4-2-3-9-13-12;1-9-5-4-7-10-6-2-3-8-11(9)10;1-9-6-7-10-4-2-3-5-11(10)8-9;1-9-5-7-10(8-6-9)11(2,3)4;1-7-2-4-8(6-9)5-3-7;1-6-2-4-7(8)5-3-6;1-7-5-3-2-4-6-7;1-6-2-4-7-5-3-6;1-6-3-2-4-7-5-6;1-6-4-2-3-5-7-6/h3*2-9H,1H3;2*2-8H,1H3;5-8H,1-4H3;2-5H,1H3;2-5H,1H3;2-6H,1H3;3*2-5H,1H3. The van der Waals surface area contributed by atoms with Crippen LogP contribution in [0.1, 0.15) is 72.5 Å². The Balaban J connectivity index is 0.000000200. The largest absolute Gasteiger partial charge is 0.265 e. The van der Waals surface area contributed by atoms with Gasteiger partial charge in [0, 0.05) is 73.2 Å². The molecule has 9 heteroatoms. The van der Waals surface area contributed by atoms with Crippen LogP contribution >= 0.6 is 0 Å². The molecule has 0 fully saturated rings. The van der Waals surface area contributed by atoms with Crippen LogP contribution in [0, 0.1) is 100 Å². The van der Waals surface area contributed by atoms with Crippen molar-refractivity contribution in [2.45, 2.75) is 103 Å². The molecule has 6 aromatic heterocycles. The SMILES string of the molecule is Cc1ccc(-c2ccccn2)cc1.Cc1ccc(-c2cccnc2)cc1.Cc1ccc(-c2ccncc2)cc1.Cc1ccc(C#N)cc1.Cc1ccc(F)cc1.Cc1ccc([Si](C)(C)C)cc1.Cc1ccc2ccccc2c1.Cc1cccc2ccccc12.Cc1ccccc1.Cc1ccccn1.Cc1cccnc1.Cc1ccncc1. The van der Waals surface area contributed by atoms with Gasteiger partial charge in [0.1, 0.15) is 5.82 Å². The smallest absolute Gasteiger partial charge is 0.123 e. The number of aryl methyl sites for hydroxylation is 12. The highest BCUT2D eigenvalue weighted by atomic mass is 28.3. The summed E-state index contributed by atoms with van der Waals surface area (Å²) in [6.45, 7) is 31.8. The molecule has 117 heavy (non-hydrogen) atoms. The first-order valence-corrected chi connectivity index (χ1v) is 42.7. The van der Waals surface area contributed by atoms with Crippen LogP contribution < -0.4 is 5.19 Å². The Bertz CT molecular complexity index is 5130. The summed E-state index contributed by atoms with van der Waals surface area (Å²) in [7, 11) is -1.06. The molecule has 6 heterocycles. The summed E-state index contributed by atoms with van der Waals surface area (Å²) >= 11 is 0. The predicted octanol–water partition coefficient (Wildman–Crippen LogP) is 28.2. The number of rotatable bonds is 4. The Morgan fingerprint density at radius 3 is 1.09 bits per heavy atom. The predicted molar refractivity (Wildman–Crippen MR) is 500 cm³/mol. The Kier molecular flexibility index (Phi) is 41.6. The quantitative estimate of drug-likeness (QED) is 0.162. The first kappa shape index (κ1) is 92.3. The molecule has 0 aliphatic rings. The van der Waals surface area contributed by atoms with Crippen LogP contribution in [0.15, 0.2) is 408 Å². The van der Waals surface area contributed by atoms with E-state index in [4.69, 9.17) is 5.26 Å². The van der Waals surface area contributed by atoms with Crippen LogP contribution in [0.2, 0.25) is 19.6 Å². The molecular weight excluding hydrogens is 1440 g/mol. The first-order chi connectivity index (χ1) is 56.5. The third kappa shape index (κ3) is 38.7. The van der Waals surface area contributed by atoms with Crippen LogP contribution in [0.4, 0.5) is 4.39 Å².